The van der Waals surface area contributed by atoms with Gasteiger partial charge in [0.25, 0.3) is 0 Å². The highest BCUT2D eigenvalue weighted by Crippen LogP contribution is 2.28. The normalized spacial score (nSPS) is 10.5. The number of hydrogen-bond acceptors (Lipinski definition) is 4. The molecule has 0 saturated heterocycles. The van der Waals surface area contributed by atoms with Gasteiger partial charge in [-0.2, -0.15) is 0 Å². The van der Waals surface area contributed by atoms with Crippen LogP contribution in [-0.4, -0.2) is 15.2 Å². The minimum atomic E-state index is 0.0275. The van der Waals surface area contributed by atoms with Gasteiger partial charge in [0.05, 0.1) is 18.5 Å². The van der Waals surface area contributed by atoms with Gasteiger partial charge in [-0.3, -0.25) is 4.98 Å². The van der Waals surface area contributed by atoms with Crippen LogP contribution in [-0.2, 0) is 13.2 Å². The third kappa shape index (κ3) is 3.67. The Kier molecular flexibility index (Phi) is 4.54. The Labute approximate surface area is 135 Å². The molecule has 0 aliphatic rings. The second-order valence-corrected chi connectivity index (χ2v) is 5.29. The topological polar surface area (TPSA) is 56.6 Å². The molecule has 23 heavy (non-hydrogen) atoms. The van der Waals surface area contributed by atoms with Gasteiger partial charge < -0.3 is 15.1 Å². The Morgan fingerprint density at radius 2 is 1.70 bits per heavy atom. The molecule has 4 heteroatoms. The van der Waals surface area contributed by atoms with Crippen LogP contribution in [0.4, 0.5) is 11.4 Å². The van der Waals surface area contributed by atoms with Gasteiger partial charge in [-0.1, -0.05) is 24.3 Å². The van der Waals surface area contributed by atoms with E-state index < -0.39 is 0 Å². The number of benzene rings is 2. The maximum absolute atomic E-state index is 9.68. The predicted molar refractivity (Wildman–Crippen MR) is 90.6 cm³/mol. The van der Waals surface area contributed by atoms with Crippen LogP contribution in [0, 0.1) is 0 Å². The molecule has 116 valence electrons. The zero-order valence-electron chi connectivity index (χ0n) is 12.6. The van der Waals surface area contributed by atoms with Crippen LogP contribution < -0.4 is 4.90 Å². The number of aromatic hydroxyl groups is 1. The zero-order chi connectivity index (χ0) is 16.1. The quantitative estimate of drug-likeness (QED) is 0.756. The Balaban J connectivity index is 1.96. The summed E-state index contributed by atoms with van der Waals surface area (Å²) in [5.41, 5.74) is 3.84. The number of pyridine rings is 1. The lowest BCUT2D eigenvalue weighted by atomic mass is 10.1. The molecule has 0 unspecified atom stereocenters. The van der Waals surface area contributed by atoms with E-state index in [2.05, 4.69) is 9.88 Å². The molecule has 0 fully saturated rings. The average molecular weight is 306 g/mol. The molecule has 0 atom stereocenters. The van der Waals surface area contributed by atoms with Gasteiger partial charge >= 0.3 is 0 Å². The van der Waals surface area contributed by atoms with E-state index >= 15 is 0 Å². The SMILES string of the molecule is OCc1ccc(N(Cc2cccc(O)c2)c2cccnc2)cc1. The first kappa shape index (κ1) is 15.1. The molecule has 0 amide bonds. The summed E-state index contributed by atoms with van der Waals surface area (Å²) in [4.78, 5) is 6.31. The average Bonchev–Trinajstić information content (AvgIpc) is 2.61. The van der Waals surface area contributed by atoms with Crippen molar-refractivity contribution in [2.45, 2.75) is 13.2 Å². The molecular weight excluding hydrogens is 288 g/mol. The van der Waals surface area contributed by atoms with E-state index in [1.165, 1.54) is 0 Å². The number of aliphatic hydroxyl groups excluding tert-OH is 1. The Bertz CT molecular complexity index is 758. The largest absolute Gasteiger partial charge is 0.508 e. The molecular formula is C19H18N2O2. The lowest BCUT2D eigenvalue weighted by Crippen LogP contribution is -2.16. The highest BCUT2D eigenvalue weighted by Gasteiger charge is 2.11. The number of phenols is 1. The lowest BCUT2D eigenvalue weighted by Gasteiger charge is -2.25. The number of phenolic OH excluding ortho intramolecular Hbond substituents is 1. The van der Waals surface area contributed by atoms with Crippen molar-refractivity contribution in [3.8, 4) is 5.75 Å². The fourth-order valence-electron chi connectivity index (χ4n) is 2.46. The summed E-state index contributed by atoms with van der Waals surface area (Å²) in [6.45, 7) is 0.637. The molecule has 0 saturated carbocycles. The van der Waals surface area contributed by atoms with Gasteiger partial charge in [0.15, 0.2) is 0 Å². The van der Waals surface area contributed by atoms with Gasteiger partial charge in [0, 0.05) is 18.4 Å². The third-order valence-corrected chi connectivity index (χ3v) is 3.64. The Morgan fingerprint density at radius 3 is 2.35 bits per heavy atom. The van der Waals surface area contributed by atoms with Crippen LogP contribution >= 0.6 is 0 Å². The van der Waals surface area contributed by atoms with Crippen LogP contribution in [0.3, 0.4) is 0 Å². The van der Waals surface area contributed by atoms with Gasteiger partial charge in [-0.25, -0.2) is 0 Å². The molecule has 0 aliphatic heterocycles. The van der Waals surface area contributed by atoms with Crippen molar-refractivity contribution in [1.29, 1.82) is 0 Å². The van der Waals surface area contributed by atoms with E-state index in [0.717, 1.165) is 22.5 Å². The second kappa shape index (κ2) is 6.94. The zero-order valence-corrected chi connectivity index (χ0v) is 12.6. The molecule has 0 bridgehead atoms. The Hall–Kier alpha value is -2.85. The summed E-state index contributed by atoms with van der Waals surface area (Å²) < 4.78 is 0. The summed E-state index contributed by atoms with van der Waals surface area (Å²) in [6.07, 6.45) is 3.55. The second-order valence-electron chi connectivity index (χ2n) is 5.29. The van der Waals surface area contributed by atoms with Crippen LogP contribution in [0.1, 0.15) is 11.1 Å². The van der Waals surface area contributed by atoms with Crippen molar-refractivity contribution in [3.63, 3.8) is 0 Å². The summed E-state index contributed by atoms with van der Waals surface area (Å²) in [5.74, 6) is 0.254. The fraction of sp³-hybridized carbons (Fsp3) is 0.105. The van der Waals surface area contributed by atoms with Crippen molar-refractivity contribution in [2.75, 3.05) is 4.90 Å². The lowest BCUT2D eigenvalue weighted by molar-refractivity contribution is 0.282. The minimum absolute atomic E-state index is 0.0275. The molecule has 0 radical (unpaired) electrons. The summed E-state index contributed by atoms with van der Waals surface area (Å²) in [6, 6.07) is 18.9. The predicted octanol–water partition coefficient (Wildman–Crippen LogP) is 3.62. The van der Waals surface area contributed by atoms with Crippen molar-refractivity contribution in [2.24, 2.45) is 0 Å². The van der Waals surface area contributed by atoms with Crippen LogP contribution in [0.2, 0.25) is 0 Å². The molecule has 2 aromatic carbocycles. The van der Waals surface area contributed by atoms with Crippen molar-refractivity contribution in [1.82, 2.24) is 4.98 Å². The standard InChI is InChI=1S/C19H18N2O2/c22-14-15-6-8-17(9-7-15)21(18-4-2-10-20-12-18)13-16-3-1-5-19(23)11-16/h1-12,22-23H,13-14H2. The van der Waals surface area contributed by atoms with Gasteiger partial charge in [0.1, 0.15) is 5.75 Å². The van der Waals surface area contributed by atoms with Crippen LogP contribution in [0.25, 0.3) is 0 Å². The number of anilines is 2. The first-order valence-electron chi connectivity index (χ1n) is 7.41. The summed E-state index contributed by atoms with van der Waals surface area (Å²) in [7, 11) is 0. The van der Waals surface area contributed by atoms with Gasteiger partial charge in [-0.15, -0.1) is 0 Å². The molecule has 1 heterocycles. The molecule has 4 nitrogen and oxygen atoms in total. The fourth-order valence-corrected chi connectivity index (χ4v) is 2.46. The van der Waals surface area contributed by atoms with E-state index in [-0.39, 0.29) is 12.4 Å². The first-order valence-corrected chi connectivity index (χ1v) is 7.41. The maximum Gasteiger partial charge on any atom is 0.115 e. The van der Waals surface area contributed by atoms with Crippen molar-refractivity contribution >= 4 is 11.4 Å². The van der Waals surface area contributed by atoms with E-state index in [9.17, 15) is 10.2 Å². The smallest absolute Gasteiger partial charge is 0.115 e. The maximum atomic E-state index is 9.68. The van der Waals surface area contributed by atoms with Crippen LogP contribution in [0.5, 0.6) is 5.75 Å². The van der Waals surface area contributed by atoms with Crippen molar-refractivity contribution < 1.29 is 10.2 Å². The number of nitrogens with zero attached hydrogens (tertiary/aromatic N) is 2. The highest BCUT2D eigenvalue weighted by molar-refractivity contribution is 5.63. The number of rotatable bonds is 5. The molecule has 0 spiro atoms. The van der Waals surface area contributed by atoms with E-state index in [0.29, 0.717) is 6.54 Å². The van der Waals surface area contributed by atoms with E-state index in [4.69, 9.17) is 0 Å². The Morgan fingerprint density at radius 1 is 0.870 bits per heavy atom. The molecule has 2 N–H and O–H groups in total. The van der Waals surface area contributed by atoms with Crippen LogP contribution in [0.15, 0.2) is 73.1 Å². The van der Waals surface area contributed by atoms with Gasteiger partial charge in [-0.05, 0) is 47.5 Å². The monoisotopic (exact) mass is 306 g/mol. The summed E-state index contributed by atoms with van der Waals surface area (Å²) in [5, 5.41) is 18.9. The number of aliphatic hydroxyl groups is 1. The molecule has 0 aliphatic carbocycles. The third-order valence-electron chi connectivity index (χ3n) is 3.64. The highest BCUT2D eigenvalue weighted by atomic mass is 16.3. The number of hydrogen-bond donors (Lipinski definition) is 2. The first-order chi connectivity index (χ1) is 11.3. The van der Waals surface area contributed by atoms with E-state index in [1.807, 2.05) is 54.7 Å². The molecule has 1 aromatic heterocycles. The van der Waals surface area contributed by atoms with Crippen molar-refractivity contribution in [3.05, 3.63) is 84.2 Å². The van der Waals surface area contributed by atoms with Gasteiger partial charge in [0.2, 0.25) is 0 Å². The molecule has 3 aromatic rings. The summed E-state index contributed by atoms with van der Waals surface area (Å²) >= 11 is 0. The van der Waals surface area contributed by atoms with E-state index in [1.54, 1.807) is 18.3 Å². The minimum Gasteiger partial charge on any atom is -0.508 e. The number of aromatic nitrogens is 1. The molecule has 3 rings (SSSR count).